The number of nitrogens with zero attached hydrogens (tertiary/aromatic N) is 2. The molecule has 1 atom stereocenters. The molecule has 0 amide bonds. The van der Waals surface area contributed by atoms with Crippen LogP contribution in [-0.4, -0.2) is 21.6 Å². The fraction of sp³-hybridized carbons (Fsp3) is 0.167. The number of hydrogen-bond acceptors (Lipinski definition) is 4. The van der Waals surface area contributed by atoms with Gasteiger partial charge in [0.15, 0.2) is 0 Å². The molecule has 7 heteroatoms. The van der Waals surface area contributed by atoms with Gasteiger partial charge in [-0.1, -0.05) is 29.3 Å². The summed E-state index contributed by atoms with van der Waals surface area (Å²) >= 11 is 11.2. The predicted molar refractivity (Wildman–Crippen MR) is 71.9 cm³/mol. The molecule has 1 aromatic heterocycles. The van der Waals surface area contributed by atoms with Crippen LogP contribution in [0.4, 0.5) is 10.3 Å². The van der Waals surface area contributed by atoms with Gasteiger partial charge in [0.25, 0.3) is 0 Å². The molecule has 2 aromatic rings. The largest absolute Gasteiger partial charge is 0.387 e. The zero-order valence-corrected chi connectivity index (χ0v) is 11.2. The average Bonchev–Trinajstić information content (AvgIpc) is 2.41. The Kier molecular flexibility index (Phi) is 4.52. The first kappa shape index (κ1) is 14.0. The second-order valence-corrected chi connectivity index (χ2v) is 4.64. The quantitative estimate of drug-likeness (QED) is 0.911. The van der Waals surface area contributed by atoms with E-state index in [9.17, 15) is 9.50 Å². The SMILES string of the molecule is O[C@H](CNc1ncc(Cl)cn1)c1ccc(Cl)c(F)c1. The molecule has 0 bridgehead atoms. The van der Waals surface area contributed by atoms with Gasteiger partial charge in [0.05, 0.1) is 28.5 Å². The highest BCUT2D eigenvalue weighted by molar-refractivity contribution is 6.30. The van der Waals surface area contributed by atoms with Crippen LogP contribution in [0.3, 0.4) is 0 Å². The van der Waals surface area contributed by atoms with Crippen molar-refractivity contribution >= 4 is 29.2 Å². The molecule has 0 aliphatic rings. The molecule has 0 saturated heterocycles. The molecule has 2 rings (SSSR count). The zero-order chi connectivity index (χ0) is 13.8. The second kappa shape index (κ2) is 6.14. The fourth-order valence-corrected chi connectivity index (χ4v) is 1.64. The second-order valence-electron chi connectivity index (χ2n) is 3.80. The summed E-state index contributed by atoms with van der Waals surface area (Å²) in [6.07, 6.45) is 1.97. The lowest BCUT2D eigenvalue weighted by atomic mass is 10.1. The summed E-state index contributed by atoms with van der Waals surface area (Å²) in [7, 11) is 0. The maximum atomic E-state index is 13.2. The molecule has 1 aromatic carbocycles. The van der Waals surface area contributed by atoms with E-state index in [0.29, 0.717) is 16.5 Å². The van der Waals surface area contributed by atoms with Gasteiger partial charge in [0, 0.05) is 6.54 Å². The number of halogens is 3. The van der Waals surface area contributed by atoms with Crippen molar-refractivity contribution in [1.29, 1.82) is 0 Å². The van der Waals surface area contributed by atoms with Crippen LogP contribution in [0.15, 0.2) is 30.6 Å². The van der Waals surface area contributed by atoms with E-state index in [4.69, 9.17) is 23.2 Å². The number of aliphatic hydroxyl groups is 1. The minimum Gasteiger partial charge on any atom is -0.387 e. The summed E-state index contributed by atoms with van der Waals surface area (Å²) in [5, 5.41) is 13.2. The van der Waals surface area contributed by atoms with Gasteiger partial charge in [0.1, 0.15) is 5.82 Å². The Morgan fingerprint density at radius 2 is 1.95 bits per heavy atom. The fourth-order valence-electron chi connectivity index (χ4n) is 1.43. The van der Waals surface area contributed by atoms with E-state index in [0.717, 1.165) is 0 Å². The van der Waals surface area contributed by atoms with E-state index in [1.54, 1.807) is 6.07 Å². The van der Waals surface area contributed by atoms with Crippen molar-refractivity contribution in [2.45, 2.75) is 6.10 Å². The summed E-state index contributed by atoms with van der Waals surface area (Å²) in [4.78, 5) is 7.83. The van der Waals surface area contributed by atoms with E-state index in [-0.39, 0.29) is 11.6 Å². The van der Waals surface area contributed by atoms with Crippen molar-refractivity contribution in [3.05, 3.63) is 52.0 Å². The third-order valence-corrected chi connectivity index (χ3v) is 2.90. The zero-order valence-electron chi connectivity index (χ0n) is 9.65. The molecular formula is C12H10Cl2FN3O. The first-order valence-electron chi connectivity index (χ1n) is 5.40. The van der Waals surface area contributed by atoms with Crippen LogP contribution < -0.4 is 5.32 Å². The number of aliphatic hydroxyl groups excluding tert-OH is 1. The summed E-state index contributed by atoms with van der Waals surface area (Å²) < 4.78 is 13.2. The number of nitrogens with one attached hydrogen (secondary N) is 1. The highest BCUT2D eigenvalue weighted by Gasteiger charge is 2.10. The highest BCUT2D eigenvalue weighted by atomic mass is 35.5. The van der Waals surface area contributed by atoms with E-state index in [1.165, 1.54) is 24.5 Å². The van der Waals surface area contributed by atoms with E-state index >= 15 is 0 Å². The molecule has 4 nitrogen and oxygen atoms in total. The molecule has 0 aliphatic carbocycles. The lowest BCUT2D eigenvalue weighted by Gasteiger charge is -2.12. The lowest BCUT2D eigenvalue weighted by Crippen LogP contribution is -2.14. The highest BCUT2D eigenvalue weighted by Crippen LogP contribution is 2.20. The minimum atomic E-state index is -0.897. The lowest BCUT2D eigenvalue weighted by molar-refractivity contribution is 0.191. The van der Waals surface area contributed by atoms with E-state index < -0.39 is 11.9 Å². The molecular weight excluding hydrogens is 292 g/mol. The van der Waals surface area contributed by atoms with Gasteiger partial charge in [-0.15, -0.1) is 0 Å². The molecule has 0 aliphatic heterocycles. The summed E-state index contributed by atoms with van der Waals surface area (Å²) in [5.41, 5.74) is 0.420. The van der Waals surface area contributed by atoms with E-state index in [2.05, 4.69) is 15.3 Å². The van der Waals surface area contributed by atoms with Crippen molar-refractivity contribution in [2.75, 3.05) is 11.9 Å². The minimum absolute atomic E-state index is 0.0185. The van der Waals surface area contributed by atoms with Gasteiger partial charge >= 0.3 is 0 Å². The number of anilines is 1. The van der Waals surface area contributed by atoms with Crippen LogP contribution in [0.5, 0.6) is 0 Å². The number of hydrogen-bond donors (Lipinski definition) is 2. The molecule has 0 unspecified atom stereocenters. The van der Waals surface area contributed by atoms with Crippen LogP contribution in [0.2, 0.25) is 10.0 Å². The van der Waals surface area contributed by atoms with Crippen LogP contribution in [-0.2, 0) is 0 Å². The molecule has 1 heterocycles. The monoisotopic (exact) mass is 301 g/mol. The first-order chi connectivity index (χ1) is 9.06. The molecule has 0 saturated carbocycles. The van der Waals surface area contributed by atoms with Crippen molar-refractivity contribution in [2.24, 2.45) is 0 Å². The van der Waals surface area contributed by atoms with Gasteiger partial charge in [-0.2, -0.15) is 0 Å². The maximum absolute atomic E-state index is 13.2. The maximum Gasteiger partial charge on any atom is 0.222 e. The van der Waals surface area contributed by atoms with Gasteiger partial charge in [-0.25, -0.2) is 14.4 Å². The van der Waals surface area contributed by atoms with Crippen molar-refractivity contribution in [3.63, 3.8) is 0 Å². The number of rotatable bonds is 4. The molecule has 100 valence electrons. The van der Waals surface area contributed by atoms with Gasteiger partial charge in [0.2, 0.25) is 5.95 Å². The molecule has 0 spiro atoms. The Hall–Kier alpha value is -1.43. The van der Waals surface area contributed by atoms with Crippen LogP contribution in [0.25, 0.3) is 0 Å². The first-order valence-corrected chi connectivity index (χ1v) is 6.16. The molecule has 2 N–H and O–H groups in total. The van der Waals surface area contributed by atoms with E-state index in [1.807, 2.05) is 0 Å². The Labute approximate surface area is 119 Å². The van der Waals surface area contributed by atoms with Crippen LogP contribution in [0, 0.1) is 5.82 Å². The normalized spacial score (nSPS) is 12.2. The summed E-state index contributed by atoms with van der Waals surface area (Å²) in [6.45, 7) is 0.142. The topological polar surface area (TPSA) is 58.0 Å². The number of aromatic nitrogens is 2. The summed E-state index contributed by atoms with van der Waals surface area (Å²) in [6, 6.07) is 4.14. The Morgan fingerprint density at radius 1 is 1.26 bits per heavy atom. The van der Waals surface area contributed by atoms with Gasteiger partial charge in [-0.3, -0.25) is 0 Å². The third kappa shape index (κ3) is 3.76. The van der Waals surface area contributed by atoms with Crippen molar-refractivity contribution in [3.8, 4) is 0 Å². The van der Waals surface area contributed by atoms with Gasteiger partial charge < -0.3 is 10.4 Å². The molecule has 0 fully saturated rings. The summed E-state index contributed by atoms with van der Waals surface area (Å²) in [5.74, 6) is -0.237. The smallest absolute Gasteiger partial charge is 0.222 e. The average molecular weight is 302 g/mol. The standard InChI is InChI=1S/C12H10Cl2FN3O/c13-8-4-16-12(17-5-8)18-6-11(19)7-1-2-9(14)10(15)3-7/h1-5,11,19H,6H2,(H,16,17,18)/t11-/m1/s1. The Bertz CT molecular complexity index is 565. The van der Waals surface area contributed by atoms with Crippen molar-refractivity contribution in [1.82, 2.24) is 9.97 Å². The van der Waals surface area contributed by atoms with Crippen LogP contribution in [0.1, 0.15) is 11.7 Å². The molecule has 19 heavy (non-hydrogen) atoms. The van der Waals surface area contributed by atoms with Crippen molar-refractivity contribution < 1.29 is 9.50 Å². The third-order valence-electron chi connectivity index (χ3n) is 2.40. The van der Waals surface area contributed by atoms with Gasteiger partial charge in [-0.05, 0) is 17.7 Å². The Morgan fingerprint density at radius 3 is 2.58 bits per heavy atom. The Balaban J connectivity index is 1.98. The van der Waals surface area contributed by atoms with Crippen LogP contribution >= 0.6 is 23.2 Å². The predicted octanol–water partition coefficient (Wildman–Crippen LogP) is 3.07. The molecule has 0 radical (unpaired) electrons. The number of benzene rings is 1.